The molecule has 0 heterocycles. The third-order valence-corrected chi connectivity index (χ3v) is 4.81. The van der Waals surface area contributed by atoms with Crippen molar-refractivity contribution in [1.82, 2.24) is 0 Å². The van der Waals surface area contributed by atoms with Crippen LogP contribution in [0.4, 0.5) is 0 Å². The molecule has 0 bridgehead atoms. The molecule has 1 nitrogen and oxygen atoms in total. The van der Waals surface area contributed by atoms with E-state index in [4.69, 9.17) is 5.73 Å². The van der Waals surface area contributed by atoms with Crippen molar-refractivity contribution in [2.75, 3.05) is 0 Å². The van der Waals surface area contributed by atoms with Crippen molar-refractivity contribution in [3.05, 3.63) is 83.5 Å². The number of allylic oxidation sites excluding steroid dienone is 6. The van der Waals surface area contributed by atoms with Crippen molar-refractivity contribution in [2.45, 2.75) is 38.1 Å². The van der Waals surface area contributed by atoms with Crippen LogP contribution in [0.3, 0.4) is 0 Å². The van der Waals surface area contributed by atoms with E-state index in [1.165, 1.54) is 16.7 Å². The van der Waals surface area contributed by atoms with Crippen LogP contribution in [0.1, 0.15) is 37.7 Å². The lowest BCUT2D eigenvalue weighted by Gasteiger charge is -2.28. The van der Waals surface area contributed by atoms with Crippen molar-refractivity contribution >= 4 is 0 Å². The van der Waals surface area contributed by atoms with Crippen LogP contribution < -0.4 is 5.73 Å². The SMILES string of the molecule is CCC(C1=CCC(c2ccccc2)C=C1)C1=CC=CCC1N. The third kappa shape index (κ3) is 3.15. The summed E-state index contributed by atoms with van der Waals surface area (Å²) < 4.78 is 0. The van der Waals surface area contributed by atoms with Gasteiger partial charge < -0.3 is 5.73 Å². The van der Waals surface area contributed by atoms with Crippen molar-refractivity contribution < 1.29 is 0 Å². The maximum absolute atomic E-state index is 6.31. The van der Waals surface area contributed by atoms with E-state index in [2.05, 4.69) is 73.7 Å². The molecule has 2 aliphatic carbocycles. The summed E-state index contributed by atoms with van der Waals surface area (Å²) in [4.78, 5) is 0. The van der Waals surface area contributed by atoms with Crippen molar-refractivity contribution in [3.8, 4) is 0 Å². The molecule has 0 aliphatic heterocycles. The van der Waals surface area contributed by atoms with E-state index in [-0.39, 0.29) is 6.04 Å². The highest BCUT2D eigenvalue weighted by molar-refractivity contribution is 5.40. The fraction of sp³-hybridized carbons (Fsp3) is 0.333. The summed E-state index contributed by atoms with van der Waals surface area (Å²) in [5.41, 5.74) is 10.5. The minimum atomic E-state index is 0.177. The Morgan fingerprint density at radius 1 is 1.18 bits per heavy atom. The Kier molecular flexibility index (Phi) is 4.74. The Morgan fingerprint density at radius 2 is 2.00 bits per heavy atom. The van der Waals surface area contributed by atoms with Crippen molar-refractivity contribution in [2.24, 2.45) is 11.7 Å². The molecule has 2 N–H and O–H groups in total. The Morgan fingerprint density at radius 3 is 2.64 bits per heavy atom. The number of nitrogens with two attached hydrogens (primary N) is 1. The molecule has 3 atom stereocenters. The highest BCUT2D eigenvalue weighted by atomic mass is 14.6. The van der Waals surface area contributed by atoms with E-state index < -0.39 is 0 Å². The highest BCUT2D eigenvalue weighted by Gasteiger charge is 2.23. The number of hydrogen-bond acceptors (Lipinski definition) is 1. The molecule has 0 spiro atoms. The standard InChI is InChI=1S/C21H25N/c1-2-19(20-10-6-7-11-21(20)22)18-14-12-17(13-15-18)16-8-4-3-5-9-16/h3-10,12,14-15,17,19,21H,2,11,13,22H2,1H3. The first kappa shape index (κ1) is 15.1. The molecule has 1 aromatic rings. The molecule has 3 rings (SSSR count). The van der Waals surface area contributed by atoms with Crippen LogP contribution in [0.5, 0.6) is 0 Å². The predicted octanol–water partition coefficient (Wildman–Crippen LogP) is 4.90. The monoisotopic (exact) mass is 291 g/mol. The summed E-state index contributed by atoms with van der Waals surface area (Å²) >= 11 is 0. The summed E-state index contributed by atoms with van der Waals surface area (Å²) in [6.07, 6.45) is 16.8. The molecule has 2 aliphatic rings. The van der Waals surface area contributed by atoms with Gasteiger partial charge >= 0.3 is 0 Å². The lowest BCUT2D eigenvalue weighted by molar-refractivity contribution is 0.604. The zero-order chi connectivity index (χ0) is 15.4. The van der Waals surface area contributed by atoms with E-state index in [1.54, 1.807) is 0 Å². The second-order valence-electron chi connectivity index (χ2n) is 6.21. The Balaban J connectivity index is 1.76. The third-order valence-electron chi connectivity index (χ3n) is 4.81. The average Bonchev–Trinajstić information content (AvgIpc) is 2.59. The van der Waals surface area contributed by atoms with Gasteiger partial charge in [-0.15, -0.1) is 0 Å². The van der Waals surface area contributed by atoms with Gasteiger partial charge in [-0.1, -0.05) is 73.7 Å². The van der Waals surface area contributed by atoms with Gasteiger partial charge in [-0.3, -0.25) is 0 Å². The quantitative estimate of drug-likeness (QED) is 0.839. The Bertz CT molecular complexity index is 619. The lowest BCUT2D eigenvalue weighted by Crippen LogP contribution is -2.28. The van der Waals surface area contributed by atoms with E-state index in [9.17, 15) is 0 Å². The minimum Gasteiger partial charge on any atom is -0.324 e. The zero-order valence-corrected chi connectivity index (χ0v) is 13.3. The fourth-order valence-electron chi connectivity index (χ4n) is 3.55. The van der Waals surface area contributed by atoms with Crippen LogP contribution in [-0.4, -0.2) is 6.04 Å². The van der Waals surface area contributed by atoms with Gasteiger partial charge in [0.25, 0.3) is 0 Å². The predicted molar refractivity (Wildman–Crippen MR) is 94.6 cm³/mol. The molecular formula is C21H25N. The second kappa shape index (κ2) is 6.93. The molecule has 0 aromatic heterocycles. The van der Waals surface area contributed by atoms with Crippen molar-refractivity contribution in [3.63, 3.8) is 0 Å². The van der Waals surface area contributed by atoms with E-state index in [0.29, 0.717) is 11.8 Å². The Labute approximate surface area is 133 Å². The second-order valence-corrected chi connectivity index (χ2v) is 6.21. The first-order chi connectivity index (χ1) is 10.8. The van der Waals surface area contributed by atoms with E-state index >= 15 is 0 Å². The number of benzene rings is 1. The normalized spacial score (nSPS) is 25.5. The van der Waals surface area contributed by atoms with E-state index in [1.807, 2.05) is 0 Å². The van der Waals surface area contributed by atoms with Crippen LogP contribution in [-0.2, 0) is 0 Å². The van der Waals surface area contributed by atoms with Crippen LogP contribution in [0, 0.1) is 5.92 Å². The van der Waals surface area contributed by atoms with Gasteiger partial charge in [0.1, 0.15) is 0 Å². The highest BCUT2D eigenvalue weighted by Crippen LogP contribution is 2.35. The van der Waals surface area contributed by atoms with Gasteiger partial charge in [0.05, 0.1) is 0 Å². The maximum Gasteiger partial charge on any atom is 0.0297 e. The molecule has 3 unspecified atom stereocenters. The molecule has 1 heteroatoms. The van der Waals surface area contributed by atoms with Crippen LogP contribution in [0.25, 0.3) is 0 Å². The summed E-state index contributed by atoms with van der Waals surface area (Å²) in [5.74, 6) is 0.976. The number of rotatable bonds is 4. The first-order valence-electron chi connectivity index (χ1n) is 8.35. The molecule has 0 fully saturated rings. The average molecular weight is 291 g/mol. The number of hydrogen-bond donors (Lipinski definition) is 1. The van der Waals surface area contributed by atoms with Gasteiger partial charge in [0.15, 0.2) is 0 Å². The smallest absolute Gasteiger partial charge is 0.0297 e. The minimum absolute atomic E-state index is 0.177. The van der Waals surface area contributed by atoms with Crippen molar-refractivity contribution in [1.29, 1.82) is 0 Å². The Hall–Kier alpha value is -1.86. The fourth-order valence-corrected chi connectivity index (χ4v) is 3.55. The summed E-state index contributed by atoms with van der Waals surface area (Å²) in [7, 11) is 0. The topological polar surface area (TPSA) is 26.0 Å². The molecule has 22 heavy (non-hydrogen) atoms. The van der Waals surface area contributed by atoms with E-state index in [0.717, 1.165) is 19.3 Å². The first-order valence-corrected chi connectivity index (χ1v) is 8.35. The van der Waals surface area contributed by atoms with Gasteiger partial charge in [0.2, 0.25) is 0 Å². The summed E-state index contributed by atoms with van der Waals surface area (Å²) in [5, 5.41) is 0. The van der Waals surface area contributed by atoms with Crippen LogP contribution >= 0.6 is 0 Å². The molecule has 1 aromatic carbocycles. The van der Waals surface area contributed by atoms with Gasteiger partial charge in [0, 0.05) is 17.9 Å². The molecule has 0 saturated carbocycles. The van der Waals surface area contributed by atoms with Crippen LogP contribution in [0.15, 0.2) is 77.9 Å². The summed E-state index contributed by atoms with van der Waals surface area (Å²) in [6.45, 7) is 2.26. The lowest BCUT2D eigenvalue weighted by atomic mass is 9.78. The van der Waals surface area contributed by atoms with Gasteiger partial charge in [-0.05, 0) is 36.0 Å². The van der Waals surface area contributed by atoms with Crippen LogP contribution in [0.2, 0.25) is 0 Å². The van der Waals surface area contributed by atoms with Gasteiger partial charge in [-0.2, -0.15) is 0 Å². The largest absolute Gasteiger partial charge is 0.324 e. The molecule has 114 valence electrons. The molecule has 0 amide bonds. The zero-order valence-electron chi connectivity index (χ0n) is 13.3. The molecule has 0 radical (unpaired) electrons. The van der Waals surface area contributed by atoms with Gasteiger partial charge in [-0.25, -0.2) is 0 Å². The maximum atomic E-state index is 6.31. The summed E-state index contributed by atoms with van der Waals surface area (Å²) in [6, 6.07) is 10.9. The molecule has 0 saturated heterocycles. The molecular weight excluding hydrogens is 266 g/mol.